The van der Waals surface area contributed by atoms with E-state index in [9.17, 15) is 5.11 Å². The van der Waals surface area contributed by atoms with Crippen LogP contribution >= 0.6 is 0 Å². The van der Waals surface area contributed by atoms with Gasteiger partial charge in [-0.05, 0) is 59.1 Å². The quantitative estimate of drug-likeness (QED) is 0.353. The minimum absolute atomic E-state index is 0.0281. The Bertz CT molecular complexity index is 1260. The lowest BCUT2D eigenvalue weighted by Crippen LogP contribution is -2.25. The number of fused-ring (bicyclic) bond motifs is 1. The van der Waals surface area contributed by atoms with Crippen molar-refractivity contribution in [1.29, 1.82) is 0 Å². The molecule has 4 nitrogen and oxygen atoms in total. The molecular formula is C29H35N3O. The van der Waals surface area contributed by atoms with Crippen LogP contribution in [0.1, 0.15) is 76.1 Å². The summed E-state index contributed by atoms with van der Waals surface area (Å²) in [5, 5.41) is 20.9. The minimum Gasteiger partial charge on any atom is -0.505 e. The van der Waals surface area contributed by atoms with Crippen LogP contribution in [0.5, 0.6) is 5.75 Å². The summed E-state index contributed by atoms with van der Waals surface area (Å²) in [5.41, 5.74) is 6.84. The number of hydrogen-bond acceptors (Lipinski definition) is 3. The molecule has 0 aliphatic carbocycles. The van der Waals surface area contributed by atoms with E-state index < -0.39 is 0 Å². The van der Waals surface area contributed by atoms with E-state index in [0.29, 0.717) is 5.69 Å². The van der Waals surface area contributed by atoms with Gasteiger partial charge < -0.3 is 5.11 Å². The first-order valence-corrected chi connectivity index (χ1v) is 11.7. The van der Waals surface area contributed by atoms with Crippen LogP contribution in [0.2, 0.25) is 0 Å². The lowest BCUT2D eigenvalue weighted by Gasteiger charge is -2.34. The van der Waals surface area contributed by atoms with Crippen LogP contribution in [0, 0.1) is 12.3 Å². The topological polar surface area (TPSA) is 50.9 Å². The van der Waals surface area contributed by atoms with E-state index in [1.54, 1.807) is 4.80 Å². The van der Waals surface area contributed by atoms with Gasteiger partial charge in [0.05, 0.1) is 0 Å². The van der Waals surface area contributed by atoms with Crippen molar-refractivity contribution in [3.8, 4) is 11.4 Å². The Labute approximate surface area is 197 Å². The molecule has 172 valence electrons. The number of aromatic hydroxyl groups is 1. The second-order valence-electron chi connectivity index (χ2n) is 11.1. The number of nitrogens with zero attached hydrogens (tertiary/aromatic N) is 3. The maximum atomic E-state index is 11.5. The summed E-state index contributed by atoms with van der Waals surface area (Å²) in [7, 11) is 0. The Morgan fingerprint density at radius 2 is 1.42 bits per heavy atom. The summed E-state index contributed by atoms with van der Waals surface area (Å²) >= 11 is 0. The molecule has 0 bridgehead atoms. The average Bonchev–Trinajstić information content (AvgIpc) is 3.16. The zero-order chi connectivity index (χ0) is 24.0. The first kappa shape index (κ1) is 23.0. The largest absolute Gasteiger partial charge is 0.505 e. The second-order valence-corrected chi connectivity index (χ2v) is 11.1. The zero-order valence-corrected chi connectivity index (χ0v) is 20.8. The van der Waals surface area contributed by atoms with Crippen molar-refractivity contribution in [2.24, 2.45) is 5.41 Å². The second kappa shape index (κ2) is 8.33. The molecular weight excluding hydrogens is 406 g/mol. The van der Waals surface area contributed by atoms with Gasteiger partial charge in [0.15, 0.2) is 0 Å². The Hall–Kier alpha value is -3.14. The Morgan fingerprint density at radius 3 is 2.00 bits per heavy atom. The van der Waals surface area contributed by atoms with Crippen molar-refractivity contribution in [2.75, 3.05) is 0 Å². The Balaban J connectivity index is 1.94. The highest BCUT2D eigenvalue weighted by Crippen LogP contribution is 2.43. The molecule has 4 aromatic rings. The predicted molar refractivity (Wildman–Crippen MR) is 136 cm³/mol. The van der Waals surface area contributed by atoms with Crippen LogP contribution in [-0.2, 0) is 5.41 Å². The van der Waals surface area contributed by atoms with Crippen LogP contribution in [0.25, 0.3) is 16.7 Å². The monoisotopic (exact) mass is 441 g/mol. The van der Waals surface area contributed by atoms with Gasteiger partial charge in [0.2, 0.25) is 0 Å². The van der Waals surface area contributed by atoms with E-state index in [1.807, 2.05) is 24.3 Å². The number of hydrogen-bond donors (Lipinski definition) is 1. The van der Waals surface area contributed by atoms with Crippen molar-refractivity contribution in [3.63, 3.8) is 0 Å². The Kier molecular flexibility index (Phi) is 5.81. The van der Waals surface area contributed by atoms with Gasteiger partial charge in [-0.1, -0.05) is 84.0 Å². The van der Waals surface area contributed by atoms with Crippen LogP contribution in [0.3, 0.4) is 0 Å². The summed E-state index contributed by atoms with van der Waals surface area (Å²) in [6, 6.07) is 20.4. The average molecular weight is 442 g/mol. The number of aryl methyl sites for hydroxylation is 1. The standard InChI is InChI=1S/C29H35N3O/c1-19-12-8-9-13-22(19)20(2)23-16-21(29(6,7)18-28(3,4)5)17-26(27(23)33)32-30-24-14-10-11-15-25(24)31-32/h8-17,20,33H,18H2,1-7H3. The molecule has 0 aliphatic heterocycles. The van der Waals surface area contributed by atoms with Gasteiger partial charge >= 0.3 is 0 Å². The van der Waals surface area contributed by atoms with Crippen LogP contribution < -0.4 is 0 Å². The number of phenolic OH excluding ortho intramolecular Hbond substituents is 1. The fourth-order valence-corrected chi connectivity index (χ4v) is 5.15. The number of benzene rings is 3. The molecule has 1 aromatic heterocycles. The molecule has 1 N–H and O–H groups in total. The zero-order valence-electron chi connectivity index (χ0n) is 20.8. The lowest BCUT2D eigenvalue weighted by molar-refractivity contribution is 0.283. The van der Waals surface area contributed by atoms with E-state index >= 15 is 0 Å². The third-order valence-electron chi connectivity index (χ3n) is 6.50. The van der Waals surface area contributed by atoms with Crippen LogP contribution in [0.15, 0.2) is 60.7 Å². The SMILES string of the molecule is Cc1ccccc1C(C)c1cc(C(C)(C)CC(C)(C)C)cc(-n2nc3ccccc3n2)c1O. The van der Waals surface area contributed by atoms with Crippen molar-refractivity contribution in [1.82, 2.24) is 15.0 Å². The van der Waals surface area contributed by atoms with Gasteiger partial charge in [0.1, 0.15) is 22.5 Å². The molecule has 0 saturated carbocycles. The number of phenols is 1. The summed E-state index contributed by atoms with van der Waals surface area (Å²) in [6.45, 7) is 15.7. The van der Waals surface area contributed by atoms with E-state index in [4.69, 9.17) is 0 Å². The first-order chi connectivity index (χ1) is 15.5. The smallest absolute Gasteiger partial charge is 0.146 e. The molecule has 0 radical (unpaired) electrons. The molecule has 1 atom stereocenters. The van der Waals surface area contributed by atoms with Crippen LogP contribution in [-0.4, -0.2) is 20.1 Å². The minimum atomic E-state index is -0.0898. The fraction of sp³-hybridized carbons (Fsp3) is 0.379. The highest BCUT2D eigenvalue weighted by Gasteiger charge is 2.30. The summed E-state index contributed by atoms with van der Waals surface area (Å²) in [5.74, 6) is 0.265. The van der Waals surface area contributed by atoms with Crippen molar-refractivity contribution >= 4 is 11.0 Å². The Morgan fingerprint density at radius 1 is 0.848 bits per heavy atom. The fourth-order valence-electron chi connectivity index (χ4n) is 5.15. The van der Waals surface area contributed by atoms with E-state index in [0.717, 1.165) is 23.0 Å². The molecule has 0 saturated heterocycles. The molecule has 0 fully saturated rings. The molecule has 1 unspecified atom stereocenters. The maximum Gasteiger partial charge on any atom is 0.146 e. The van der Waals surface area contributed by atoms with Crippen molar-refractivity contribution in [3.05, 3.63) is 82.9 Å². The van der Waals surface area contributed by atoms with Gasteiger partial charge in [0.25, 0.3) is 0 Å². The molecule has 33 heavy (non-hydrogen) atoms. The number of rotatable bonds is 5. The first-order valence-electron chi connectivity index (χ1n) is 11.7. The van der Waals surface area contributed by atoms with E-state index in [1.165, 1.54) is 16.7 Å². The molecule has 1 heterocycles. The summed E-state index contributed by atoms with van der Waals surface area (Å²) in [4.78, 5) is 1.59. The van der Waals surface area contributed by atoms with Gasteiger partial charge in [-0.15, -0.1) is 15.0 Å². The van der Waals surface area contributed by atoms with Gasteiger partial charge in [0, 0.05) is 11.5 Å². The molecule has 0 amide bonds. The van der Waals surface area contributed by atoms with E-state index in [-0.39, 0.29) is 22.5 Å². The van der Waals surface area contributed by atoms with Crippen molar-refractivity contribution < 1.29 is 5.11 Å². The molecule has 4 heteroatoms. The predicted octanol–water partition coefficient (Wildman–Crippen LogP) is 7.30. The summed E-state index contributed by atoms with van der Waals surface area (Å²) in [6.07, 6.45) is 1.01. The molecule has 0 aliphatic rings. The molecule has 3 aromatic carbocycles. The van der Waals surface area contributed by atoms with Gasteiger partial charge in [-0.2, -0.15) is 0 Å². The highest BCUT2D eigenvalue weighted by atomic mass is 16.3. The summed E-state index contributed by atoms with van der Waals surface area (Å²) < 4.78 is 0. The van der Waals surface area contributed by atoms with Crippen LogP contribution in [0.4, 0.5) is 0 Å². The molecule has 4 rings (SSSR count). The van der Waals surface area contributed by atoms with Gasteiger partial charge in [-0.25, -0.2) is 0 Å². The molecule has 0 spiro atoms. The number of aromatic nitrogens is 3. The normalized spacial score (nSPS) is 13.4. The maximum absolute atomic E-state index is 11.5. The third-order valence-corrected chi connectivity index (χ3v) is 6.50. The van der Waals surface area contributed by atoms with E-state index in [2.05, 4.69) is 95.1 Å². The van der Waals surface area contributed by atoms with Gasteiger partial charge in [-0.3, -0.25) is 0 Å². The van der Waals surface area contributed by atoms with Crippen molar-refractivity contribution in [2.45, 2.75) is 66.2 Å². The third kappa shape index (κ3) is 4.66. The highest BCUT2D eigenvalue weighted by molar-refractivity contribution is 5.74. The lowest BCUT2D eigenvalue weighted by atomic mass is 9.71.